The van der Waals surface area contributed by atoms with E-state index in [1.54, 1.807) is 29.1 Å². The summed E-state index contributed by atoms with van der Waals surface area (Å²) in [5, 5.41) is 15.2. The maximum Gasteiger partial charge on any atom is 0.339 e. The molecule has 7 rings (SSSR count). The number of para-hydroxylation sites is 1. The summed E-state index contributed by atoms with van der Waals surface area (Å²) >= 11 is 0. The van der Waals surface area contributed by atoms with Crippen LogP contribution in [-0.2, 0) is 14.2 Å². The number of anilines is 1. The maximum atomic E-state index is 12.4. The number of hydrogen-bond donors (Lipinski definition) is 3. The molecule has 4 aromatic rings. The van der Waals surface area contributed by atoms with Crippen LogP contribution in [0.1, 0.15) is 41.3 Å². The van der Waals surface area contributed by atoms with E-state index in [-0.39, 0.29) is 35.8 Å². The summed E-state index contributed by atoms with van der Waals surface area (Å²) in [6.07, 6.45) is 1.78. The minimum absolute atomic E-state index is 0.0165. The fraction of sp³-hybridized carbons (Fsp3) is 0.321. The first-order chi connectivity index (χ1) is 20.0. The molecule has 41 heavy (non-hydrogen) atoms. The summed E-state index contributed by atoms with van der Waals surface area (Å²) in [5.41, 5.74) is 1.73. The van der Waals surface area contributed by atoms with E-state index in [1.807, 2.05) is 30.3 Å². The number of aromatic nitrogens is 4. The number of hydrogen-bond acceptors (Lipinski definition) is 9. The molecule has 3 aliphatic rings. The third-order valence-electron chi connectivity index (χ3n) is 7.22. The number of ether oxygens (including phenoxy) is 4. The number of imidazole rings is 1. The van der Waals surface area contributed by atoms with Gasteiger partial charge in [-0.1, -0.05) is 42.5 Å². The number of nitrogens with one attached hydrogen (secondary N) is 2. The number of fused-ring (bicyclic) bond motifs is 2. The molecular weight excluding hydrogens is 532 g/mol. The summed E-state index contributed by atoms with van der Waals surface area (Å²) in [4.78, 5) is 37.1. The zero-order valence-corrected chi connectivity index (χ0v) is 21.6. The average Bonchev–Trinajstić information content (AvgIpc) is 3.38. The Balaban J connectivity index is 1.17. The van der Waals surface area contributed by atoms with Crippen molar-refractivity contribution < 1.29 is 33.6 Å². The van der Waals surface area contributed by atoms with Crippen molar-refractivity contribution in [1.29, 1.82) is 0 Å². The lowest BCUT2D eigenvalue weighted by molar-refractivity contribution is -0.152. The number of amides is 2. The number of aromatic carboxylic acids is 1. The van der Waals surface area contributed by atoms with Gasteiger partial charge in [-0.15, -0.1) is 0 Å². The molecule has 4 heterocycles. The van der Waals surface area contributed by atoms with Crippen molar-refractivity contribution in [2.45, 2.75) is 49.7 Å². The van der Waals surface area contributed by atoms with Gasteiger partial charge in [0.05, 0.1) is 6.33 Å². The number of carbonyl (C=O) groups is 2. The highest BCUT2D eigenvalue weighted by Gasteiger charge is 2.54. The highest BCUT2D eigenvalue weighted by Crippen LogP contribution is 2.45. The van der Waals surface area contributed by atoms with E-state index >= 15 is 0 Å². The van der Waals surface area contributed by atoms with E-state index in [2.05, 4.69) is 25.6 Å². The van der Waals surface area contributed by atoms with Gasteiger partial charge >= 0.3 is 12.0 Å². The van der Waals surface area contributed by atoms with Gasteiger partial charge in [-0.2, -0.15) is 0 Å². The van der Waals surface area contributed by atoms with Crippen LogP contribution in [0.25, 0.3) is 11.2 Å². The van der Waals surface area contributed by atoms with Crippen LogP contribution in [0.5, 0.6) is 5.75 Å². The minimum atomic E-state index is -1.09. The molecule has 3 fully saturated rings. The van der Waals surface area contributed by atoms with Crippen LogP contribution >= 0.6 is 0 Å². The second-order valence-corrected chi connectivity index (χ2v) is 10.0. The van der Waals surface area contributed by atoms with E-state index in [0.717, 1.165) is 18.4 Å². The first-order valence-electron chi connectivity index (χ1n) is 13.3. The fourth-order valence-electron chi connectivity index (χ4n) is 5.09. The number of urea groups is 1. The van der Waals surface area contributed by atoms with E-state index in [4.69, 9.17) is 18.9 Å². The molecule has 0 bridgehead atoms. The molecule has 2 aromatic carbocycles. The molecule has 2 saturated heterocycles. The van der Waals surface area contributed by atoms with Crippen LogP contribution in [0.2, 0.25) is 0 Å². The molecule has 1 saturated carbocycles. The smallest absolute Gasteiger partial charge is 0.339 e. The molecule has 3 N–H and O–H groups in total. The van der Waals surface area contributed by atoms with E-state index in [9.17, 15) is 14.7 Å². The SMILES string of the molecule is O=C(Nc1ncnc2c1ncn2C1OC(COc2ccccc2C(=O)O)C2O[C@H](c3ccccc3)OC21)NC1CC1. The molecule has 2 aliphatic heterocycles. The first kappa shape index (κ1) is 25.4. The fourth-order valence-corrected chi connectivity index (χ4v) is 5.09. The summed E-state index contributed by atoms with van der Waals surface area (Å²) in [5.74, 6) is -0.589. The Morgan fingerprint density at radius 1 is 0.976 bits per heavy atom. The zero-order chi connectivity index (χ0) is 27.9. The Morgan fingerprint density at radius 2 is 1.76 bits per heavy atom. The van der Waals surface area contributed by atoms with E-state index in [0.29, 0.717) is 11.2 Å². The largest absolute Gasteiger partial charge is 0.490 e. The number of carbonyl (C=O) groups excluding carboxylic acids is 1. The molecule has 13 nitrogen and oxygen atoms in total. The van der Waals surface area contributed by atoms with E-state index < -0.39 is 36.8 Å². The number of carboxylic acids is 1. The topological polar surface area (TPSA) is 159 Å². The maximum absolute atomic E-state index is 12.4. The van der Waals surface area contributed by atoms with Gasteiger partial charge in [0, 0.05) is 11.6 Å². The minimum Gasteiger partial charge on any atom is -0.490 e. The standard InChI is InChI=1S/C28H26N6O7/c35-26(36)17-8-4-5-9-18(17)38-12-19-21-22(41-27(40-21)15-6-2-1-3-7-15)25(39-19)34-14-31-20-23(29-13-30-24(20)34)33-28(37)32-16-10-11-16/h1-9,13-14,16,19,21-22,25,27H,10-12H2,(H,35,36)(H2,29,30,32,33,37)/t19?,21?,22?,25?,27-/m0/s1. The molecule has 13 heteroatoms. The molecule has 210 valence electrons. The van der Waals surface area contributed by atoms with Crippen LogP contribution in [0.15, 0.2) is 67.3 Å². The van der Waals surface area contributed by atoms with Crippen molar-refractivity contribution in [3.8, 4) is 5.75 Å². The average molecular weight is 559 g/mol. The quantitative estimate of drug-likeness (QED) is 0.293. The third-order valence-corrected chi connectivity index (χ3v) is 7.22. The normalized spacial score (nSPS) is 25.1. The van der Waals surface area contributed by atoms with Crippen molar-refractivity contribution in [3.63, 3.8) is 0 Å². The molecule has 2 aromatic heterocycles. The summed E-state index contributed by atoms with van der Waals surface area (Å²) in [6, 6.07) is 15.8. The molecular formula is C28H26N6O7. The van der Waals surface area contributed by atoms with Gasteiger partial charge in [-0.3, -0.25) is 9.88 Å². The van der Waals surface area contributed by atoms with E-state index in [1.165, 1.54) is 12.4 Å². The van der Waals surface area contributed by atoms with Crippen LogP contribution < -0.4 is 15.4 Å². The van der Waals surface area contributed by atoms with Gasteiger partial charge in [0.1, 0.15) is 42.6 Å². The van der Waals surface area contributed by atoms with Gasteiger partial charge < -0.3 is 29.4 Å². The second kappa shape index (κ2) is 10.4. The Bertz CT molecular complexity index is 1590. The van der Waals surface area contributed by atoms with Crippen molar-refractivity contribution in [2.75, 3.05) is 11.9 Å². The Morgan fingerprint density at radius 3 is 2.56 bits per heavy atom. The van der Waals surface area contributed by atoms with Crippen LogP contribution in [0.4, 0.5) is 10.6 Å². The lowest BCUT2D eigenvalue weighted by Crippen LogP contribution is -2.32. The van der Waals surface area contributed by atoms with Gasteiger partial charge in [0.2, 0.25) is 0 Å². The molecule has 0 radical (unpaired) electrons. The number of carboxylic acid groups (broad SMARTS) is 1. The van der Waals surface area contributed by atoms with Gasteiger partial charge in [0.15, 0.2) is 29.5 Å². The van der Waals surface area contributed by atoms with Crippen molar-refractivity contribution >= 4 is 29.0 Å². The van der Waals surface area contributed by atoms with Crippen LogP contribution in [0.3, 0.4) is 0 Å². The molecule has 5 atom stereocenters. The van der Waals surface area contributed by atoms with Gasteiger partial charge in [0.25, 0.3) is 0 Å². The van der Waals surface area contributed by atoms with Gasteiger partial charge in [-0.25, -0.2) is 24.5 Å². The number of nitrogens with zero attached hydrogens (tertiary/aromatic N) is 4. The molecule has 4 unspecified atom stereocenters. The summed E-state index contributed by atoms with van der Waals surface area (Å²) in [7, 11) is 0. The highest BCUT2D eigenvalue weighted by atomic mass is 16.8. The van der Waals surface area contributed by atoms with Crippen molar-refractivity contribution in [3.05, 3.63) is 78.4 Å². The predicted molar refractivity (Wildman–Crippen MR) is 142 cm³/mol. The van der Waals surface area contributed by atoms with Gasteiger partial charge in [-0.05, 0) is 25.0 Å². The number of rotatable bonds is 8. The van der Waals surface area contributed by atoms with Crippen LogP contribution in [-0.4, -0.2) is 67.6 Å². The predicted octanol–water partition coefficient (Wildman–Crippen LogP) is 3.27. The molecule has 1 aliphatic carbocycles. The highest BCUT2D eigenvalue weighted by molar-refractivity contribution is 5.96. The van der Waals surface area contributed by atoms with Crippen molar-refractivity contribution in [2.24, 2.45) is 0 Å². The monoisotopic (exact) mass is 558 g/mol. The lowest BCUT2D eigenvalue weighted by Gasteiger charge is -2.22. The lowest BCUT2D eigenvalue weighted by atomic mass is 10.1. The second-order valence-electron chi connectivity index (χ2n) is 10.0. The Labute approximate surface area is 233 Å². The summed E-state index contributed by atoms with van der Waals surface area (Å²) in [6.45, 7) is 0.0165. The Kier molecular flexibility index (Phi) is 6.46. The zero-order valence-electron chi connectivity index (χ0n) is 21.6. The molecule has 0 spiro atoms. The third kappa shape index (κ3) is 4.94. The number of benzene rings is 2. The van der Waals surface area contributed by atoms with Crippen molar-refractivity contribution in [1.82, 2.24) is 24.8 Å². The molecule has 2 amide bonds. The Hall–Kier alpha value is -4.59. The van der Waals surface area contributed by atoms with Crippen LogP contribution in [0, 0.1) is 0 Å². The summed E-state index contributed by atoms with van der Waals surface area (Å²) < 4.78 is 26.8. The first-order valence-corrected chi connectivity index (χ1v) is 13.3.